The standard InChI is InChI=1S/C20H15ClF3O2P/c21-16-13-11-15(12-14-16)19(20(22,23)24)26-27(25,17-7-3-1-4-8-17)18-9-5-2-6-10-18/h1-14,19H. The average Bonchev–Trinajstić information content (AvgIpc) is 2.67. The van der Waals surface area contributed by atoms with Crippen molar-refractivity contribution in [3.8, 4) is 0 Å². The van der Waals surface area contributed by atoms with E-state index in [9.17, 15) is 17.7 Å². The topological polar surface area (TPSA) is 26.3 Å². The van der Waals surface area contributed by atoms with Gasteiger partial charge in [0, 0.05) is 15.6 Å². The molecule has 0 aliphatic heterocycles. The zero-order chi connectivity index (χ0) is 19.5. The zero-order valence-corrected chi connectivity index (χ0v) is 15.6. The second kappa shape index (κ2) is 7.89. The molecule has 0 radical (unpaired) electrons. The fourth-order valence-corrected chi connectivity index (χ4v) is 4.95. The van der Waals surface area contributed by atoms with Crippen molar-refractivity contribution < 1.29 is 22.3 Å². The summed E-state index contributed by atoms with van der Waals surface area (Å²) in [7, 11) is -4.01. The van der Waals surface area contributed by atoms with Crippen LogP contribution in [-0.4, -0.2) is 6.18 Å². The maximum absolute atomic E-state index is 13.8. The highest BCUT2D eigenvalue weighted by atomic mass is 35.5. The molecule has 3 aromatic carbocycles. The van der Waals surface area contributed by atoms with E-state index in [1.54, 1.807) is 36.4 Å². The Hall–Kier alpha value is -2.07. The largest absolute Gasteiger partial charge is 0.419 e. The van der Waals surface area contributed by atoms with Crippen LogP contribution >= 0.6 is 19.0 Å². The number of hydrogen-bond donors (Lipinski definition) is 0. The molecular formula is C20H15ClF3O2P. The Morgan fingerprint density at radius 3 is 1.63 bits per heavy atom. The number of hydrogen-bond acceptors (Lipinski definition) is 2. The molecule has 0 aliphatic rings. The van der Waals surface area contributed by atoms with Gasteiger partial charge in [0.1, 0.15) is 0 Å². The summed E-state index contributed by atoms with van der Waals surface area (Å²) in [5, 5.41) is 0.688. The molecule has 0 amide bonds. The van der Waals surface area contributed by atoms with Gasteiger partial charge in [-0.3, -0.25) is 4.57 Å². The first-order valence-corrected chi connectivity index (χ1v) is 10.0. The van der Waals surface area contributed by atoms with Crippen molar-refractivity contribution in [3.05, 3.63) is 95.5 Å². The molecule has 3 rings (SSSR count). The van der Waals surface area contributed by atoms with Crippen LogP contribution in [0.25, 0.3) is 0 Å². The molecule has 7 heteroatoms. The van der Waals surface area contributed by atoms with E-state index in [0.717, 1.165) is 0 Å². The van der Waals surface area contributed by atoms with Gasteiger partial charge in [-0.25, -0.2) is 0 Å². The van der Waals surface area contributed by atoms with E-state index in [-0.39, 0.29) is 16.2 Å². The Labute approximate surface area is 160 Å². The highest BCUT2D eigenvalue weighted by Gasteiger charge is 2.47. The van der Waals surface area contributed by atoms with Crippen molar-refractivity contribution in [1.82, 2.24) is 0 Å². The molecule has 0 bridgehead atoms. The molecule has 2 nitrogen and oxygen atoms in total. The van der Waals surface area contributed by atoms with Crippen LogP contribution in [0, 0.1) is 0 Å². The number of rotatable bonds is 5. The first kappa shape index (κ1) is 19.7. The Balaban J connectivity index is 2.12. The summed E-state index contributed by atoms with van der Waals surface area (Å²) in [6, 6.07) is 21.0. The lowest BCUT2D eigenvalue weighted by Crippen LogP contribution is -2.27. The molecular weight excluding hydrogens is 396 g/mol. The van der Waals surface area contributed by atoms with Crippen LogP contribution in [0.2, 0.25) is 5.02 Å². The van der Waals surface area contributed by atoms with Gasteiger partial charge in [-0.1, -0.05) is 60.1 Å². The van der Waals surface area contributed by atoms with Gasteiger partial charge < -0.3 is 4.52 Å². The summed E-state index contributed by atoms with van der Waals surface area (Å²) in [6.45, 7) is 0. The minimum Gasteiger partial charge on any atom is -0.304 e. The first-order valence-electron chi connectivity index (χ1n) is 8.02. The molecule has 0 saturated carbocycles. The van der Waals surface area contributed by atoms with Crippen LogP contribution in [0.3, 0.4) is 0 Å². The van der Waals surface area contributed by atoms with Gasteiger partial charge in [0.25, 0.3) is 7.37 Å². The van der Waals surface area contributed by atoms with Gasteiger partial charge in [0.2, 0.25) is 0 Å². The predicted molar refractivity (Wildman–Crippen MR) is 101 cm³/mol. The number of benzene rings is 3. The van der Waals surface area contributed by atoms with Crippen LogP contribution in [0.15, 0.2) is 84.9 Å². The van der Waals surface area contributed by atoms with Gasteiger partial charge in [-0.15, -0.1) is 0 Å². The molecule has 1 atom stereocenters. The van der Waals surface area contributed by atoms with Crippen molar-refractivity contribution in [2.75, 3.05) is 0 Å². The molecule has 0 fully saturated rings. The lowest BCUT2D eigenvalue weighted by molar-refractivity contribution is -0.197. The van der Waals surface area contributed by atoms with E-state index in [1.807, 2.05) is 0 Å². The normalized spacial score (nSPS) is 13.3. The van der Waals surface area contributed by atoms with Crippen molar-refractivity contribution in [1.29, 1.82) is 0 Å². The van der Waals surface area contributed by atoms with E-state index < -0.39 is 19.6 Å². The molecule has 0 spiro atoms. The van der Waals surface area contributed by atoms with Crippen LogP contribution in [0.4, 0.5) is 13.2 Å². The van der Waals surface area contributed by atoms with E-state index in [4.69, 9.17) is 16.1 Å². The Morgan fingerprint density at radius 2 is 1.22 bits per heavy atom. The summed E-state index contributed by atoms with van der Waals surface area (Å²) in [5.74, 6) is 0. The molecule has 27 heavy (non-hydrogen) atoms. The molecule has 3 aromatic rings. The minimum atomic E-state index is -4.76. The molecule has 0 aromatic heterocycles. The van der Waals surface area contributed by atoms with E-state index in [0.29, 0.717) is 5.02 Å². The fraction of sp³-hybridized carbons (Fsp3) is 0.100. The van der Waals surface area contributed by atoms with E-state index >= 15 is 0 Å². The second-order valence-corrected chi connectivity index (χ2v) is 8.58. The molecule has 0 saturated heterocycles. The number of alkyl halides is 3. The van der Waals surface area contributed by atoms with Crippen LogP contribution < -0.4 is 10.6 Å². The lowest BCUT2D eigenvalue weighted by Gasteiger charge is -2.27. The molecule has 0 heterocycles. The van der Waals surface area contributed by atoms with Gasteiger partial charge in [0.15, 0.2) is 6.10 Å². The smallest absolute Gasteiger partial charge is 0.304 e. The third kappa shape index (κ3) is 4.44. The maximum atomic E-state index is 13.8. The third-order valence-electron chi connectivity index (χ3n) is 3.92. The highest BCUT2D eigenvalue weighted by molar-refractivity contribution is 7.74. The molecule has 0 N–H and O–H groups in total. The van der Waals surface area contributed by atoms with Crippen molar-refractivity contribution >= 4 is 29.6 Å². The Bertz CT molecular complexity index is 885. The monoisotopic (exact) mass is 410 g/mol. The van der Waals surface area contributed by atoms with Crippen molar-refractivity contribution in [3.63, 3.8) is 0 Å². The van der Waals surface area contributed by atoms with Crippen LogP contribution in [0.1, 0.15) is 11.7 Å². The average molecular weight is 411 g/mol. The van der Waals surface area contributed by atoms with Crippen molar-refractivity contribution in [2.45, 2.75) is 12.3 Å². The summed E-state index contributed by atoms with van der Waals surface area (Å²) >= 11 is 5.78. The minimum absolute atomic E-state index is 0.168. The lowest BCUT2D eigenvalue weighted by atomic mass is 10.1. The summed E-state index contributed by atoms with van der Waals surface area (Å²) in [4.78, 5) is 0. The van der Waals surface area contributed by atoms with E-state index in [1.165, 1.54) is 48.5 Å². The predicted octanol–water partition coefficient (Wildman–Crippen LogP) is 5.89. The van der Waals surface area contributed by atoms with Crippen molar-refractivity contribution in [2.24, 2.45) is 0 Å². The first-order chi connectivity index (χ1) is 12.8. The quantitative estimate of drug-likeness (QED) is 0.490. The third-order valence-corrected chi connectivity index (χ3v) is 6.63. The summed E-state index contributed by atoms with van der Waals surface area (Å²) in [6.07, 6.45) is -7.12. The van der Waals surface area contributed by atoms with Gasteiger partial charge in [0.05, 0.1) is 0 Å². The van der Waals surface area contributed by atoms with Gasteiger partial charge in [-0.05, 0) is 42.0 Å². The molecule has 0 aliphatic carbocycles. The fourth-order valence-electron chi connectivity index (χ4n) is 2.61. The van der Waals surface area contributed by atoms with Gasteiger partial charge in [-0.2, -0.15) is 13.2 Å². The summed E-state index contributed by atoms with van der Waals surface area (Å²) < 4.78 is 60.5. The Kier molecular flexibility index (Phi) is 5.75. The highest BCUT2D eigenvalue weighted by Crippen LogP contribution is 2.52. The van der Waals surface area contributed by atoms with Gasteiger partial charge >= 0.3 is 6.18 Å². The van der Waals surface area contributed by atoms with E-state index in [2.05, 4.69) is 0 Å². The van der Waals surface area contributed by atoms with Crippen LogP contribution in [-0.2, 0) is 9.09 Å². The zero-order valence-electron chi connectivity index (χ0n) is 13.9. The maximum Gasteiger partial charge on any atom is 0.419 e. The second-order valence-electron chi connectivity index (χ2n) is 5.80. The summed E-state index contributed by atoms with van der Waals surface area (Å²) in [5.41, 5.74) is -0.168. The number of halogens is 4. The SMILES string of the molecule is O=P(OC(c1ccc(Cl)cc1)C(F)(F)F)(c1ccccc1)c1ccccc1. The molecule has 140 valence electrons. The Morgan fingerprint density at radius 1 is 0.778 bits per heavy atom. The molecule has 1 unspecified atom stereocenters. The van der Waals surface area contributed by atoms with Crippen LogP contribution in [0.5, 0.6) is 0 Å².